The first kappa shape index (κ1) is 15.4. The molecule has 4 heteroatoms. The Bertz CT molecular complexity index is 590. The summed E-state index contributed by atoms with van der Waals surface area (Å²) in [5, 5.41) is 3.03. The van der Waals surface area contributed by atoms with Crippen LogP contribution in [0.4, 0.5) is 8.78 Å². The number of nitrogens with one attached hydrogen (secondary N) is 1. The Balaban J connectivity index is 2.28. The van der Waals surface area contributed by atoms with E-state index in [0.29, 0.717) is 17.9 Å². The molecule has 0 aliphatic heterocycles. The van der Waals surface area contributed by atoms with E-state index in [4.69, 9.17) is 4.74 Å². The van der Waals surface area contributed by atoms with Gasteiger partial charge in [0.1, 0.15) is 5.75 Å². The molecule has 0 aromatic heterocycles. The first-order valence-corrected chi connectivity index (χ1v) is 7.10. The molecule has 0 saturated heterocycles. The van der Waals surface area contributed by atoms with Crippen LogP contribution in [-0.2, 0) is 13.0 Å². The fraction of sp³-hybridized carbons (Fsp3) is 0.294. The molecule has 0 spiro atoms. The van der Waals surface area contributed by atoms with E-state index in [9.17, 15) is 8.78 Å². The summed E-state index contributed by atoms with van der Waals surface area (Å²) in [6, 6.07) is 9.85. The van der Waals surface area contributed by atoms with Crippen molar-refractivity contribution in [2.75, 3.05) is 6.54 Å². The zero-order valence-electron chi connectivity index (χ0n) is 12.2. The summed E-state index contributed by atoms with van der Waals surface area (Å²) >= 11 is 0. The van der Waals surface area contributed by atoms with Crippen LogP contribution < -0.4 is 10.1 Å². The van der Waals surface area contributed by atoms with Gasteiger partial charge in [-0.1, -0.05) is 32.0 Å². The number of halogens is 2. The monoisotopic (exact) mass is 291 g/mol. The van der Waals surface area contributed by atoms with Gasteiger partial charge < -0.3 is 10.1 Å². The van der Waals surface area contributed by atoms with Gasteiger partial charge >= 0.3 is 0 Å². The van der Waals surface area contributed by atoms with Gasteiger partial charge in [-0.2, -0.15) is 0 Å². The van der Waals surface area contributed by atoms with Crippen molar-refractivity contribution in [2.24, 2.45) is 0 Å². The van der Waals surface area contributed by atoms with Crippen LogP contribution in [0.3, 0.4) is 0 Å². The molecule has 0 heterocycles. The van der Waals surface area contributed by atoms with Crippen LogP contribution in [0.2, 0.25) is 0 Å². The lowest BCUT2D eigenvalue weighted by atomic mass is 10.1. The van der Waals surface area contributed by atoms with E-state index in [1.165, 1.54) is 12.1 Å². The number of hydrogen-bond donors (Lipinski definition) is 1. The van der Waals surface area contributed by atoms with Crippen LogP contribution in [0.5, 0.6) is 11.5 Å². The fourth-order valence-electron chi connectivity index (χ4n) is 2.09. The summed E-state index contributed by atoms with van der Waals surface area (Å²) in [4.78, 5) is 0. The number of aryl methyl sites for hydroxylation is 1. The molecule has 2 nitrogen and oxygen atoms in total. The number of hydrogen-bond acceptors (Lipinski definition) is 2. The summed E-state index contributed by atoms with van der Waals surface area (Å²) in [5.74, 6) is -1.24. The molecule has 0 aliphatic rings. The van der Waals surface area contributed by atoms with E-state index in [-0.39, 0.29) is 5.75 Å². The summed E-state index contributed by atoms with van der Waals surface area (Å²) in [7, 11) is 0. The third-order valence-corrected chi connectivity index (χ3v) is 3.20. The zero-order valence-corrected chi connectivity index (χ0v) is 12.2. The Morgan fingerprint density at radius 2 is 1.71 bits per heavy atom. The SMILES string of the molecule is CCNCc1cc(F)c(Oc2ccccc2CC)c(F)c1. The van der Waals surface area contributed by atoms with Gasteiger partial charge in [0, 0.05) is 6.54 Å². The molecule has 2 rings (SSSR count). The van der Waals surface area contributed by atoms with Crippen molar-refractivity contribution in [3.63, 3.8) is 0 Å². The van der Waals surface area contributed by atoms with Crippen molar-refractivity contribution >= 4 is 0 Å². The van der Waals surface area contributed by atoms with Crippen LogP contribution in [-0.4, -0.2) is 6.54 Å². The van der Waals surface area contributed by atoms with Crippen LogP contribution in [0.15, 0.2) is 36.4 Å². The molecule has 112 valence electrons. The minimum atomic E-state index is -0.686. The van der Waals surface area contributed by atoms with E-state index >= 15 is 0 Å². The van der Waals surface area contributed by atoms with Gasteiger partial charge in [-0.05, 0) is 42.3 Å². The van der Waals surface area contributed by atoms with E-state index in [0.717, 1.165) is 18.5 Å². The third-order valence-electron chi connectivity index (χ3n) is 3.20. The van der Waals surface area contributed by atoms with Crippen molar-refractivity contribution in [2.45, 2.75) is 26.8 Å². The second-order valence-electron chi connectivity index (χ2n) is 4.73. The Labute approximate surface area is 123 Å². The van der Waals surface area contributed by atoms with Gasteiger partial charge in [0.15, 0.2) is 17.4 Å². The molecule has 0 radical (unpaired) electrons. The molecule has 0 unspecified atom stereocenters. The first-order chi connectivity index (χ1) is 10.2. The number of benzene rings is 2. The maximum atomic E-state index is 14.1. The molecular formula is C17H19F2NO. The minimum Gasteiger partial charge on any atom is -0.451 e. The Morgan fingerprint density at radius 3 is 2.33 bits per heavy atom. The lowest BCUT2D eigenvalue weighted by molar-refractivity contribution is 0.403. The van der Waals surface area contributed by atoms with E-state index < -0.39 is 11.6 Å². The largest absolute Gasteiger partial charge is 0.451 e. The summed E-state index contributed by atoms with van der Waals surface area (Å²) < 4.78 is 33.6. The second kappa shape index (κ2) is 7.18. The van der Waals surface area contributed by atoms with Gasteiger partial charge in [-0.3, -0.25) is 0 Å². The maximum absolute atomic E-state index is 14.1. The van der Waals surface area contributed by atoms with Crippen molar-refractivity contribution < 1.29 is 13.5 Å². The van der Waals surface area contributed by atoms with Crippen molar-refractivity contribution in [1.29, 1.82) is 0 Å². The second-order valence-corrected chi connectivity index (χ2v) is 4.73. The summed E-state index contributed by atoms with van der Waals surface area (Å²) in [6.45, 7) is 5.07. The topological polar surface area (TPSA) is 21.3 Å². The molecule has 0 fully saturated rings. The lowest BCUT2D eigenvalue weighted by Gasteiger charge is -2.12. The van der Waals surface area contributed by atoms with Crippen LogP contribution >= 0.6 is 0 Å². The van der Waals surface area contributed by atoms with Crippen molar-refractivity contribution in [3.05, 3.63) is 59.2 Å². The number of para-hydroxylation sites is 1. The molecule has 21 heavy (non-hydrogen) atoms. The molecular weight excluding hydrogens is 272 g/mol. The Hall–Kier alpha value is -1.94. The molecule has 1 N–H and O–H groups in total. The zero-order chi connectivity index (χ0) is 15.2. The summed E-state index contributed by atoms with van der Waals surface area (Å²) in [5.41, 5.74) is 1.47. The number of ether oxygens (including phenoxy) is 1. The highest BCUT2D eigenvalue weighted by Crippen LogP contribution is 2.30. The van der Waals surface area contributed by atoms with E-state index in [2.05, 4.69) is 5.32 Å². The normalized spacial score (nSPS) is 10.7. The van der Waals surface area contributed by atoms with E-state index in [1.807, 2.05) is 26.0 Å². The predicted molar refractivity (Wildman–Crippen MR) is 79.6 cm³/mol. The molecule has 0 atom stereocenters. The smallest absolute Gasteiger partial charge is 0.198 e. The van der Waals surface area contributed by atoms with Crippen LogP contribution in [0.25, 0.3) is 0 Å². The lowest BCUT2D eigenvalue weighted by Crippen LogP contribution is -2.12. The van der Waals surface area contributed by atoms with Gasteiger partial charge in [0.05, 0.1) is 0 Å². The third kappa shape index (κ3) is 3.79. The highest BCUT2D eigenvalue weighted by Gasteiger charge is 2.14. The van der Waals surface area contributed by atoms with Crippen LogP contribution in [0, 0.1) is 11.6 Å². The molecule has 2 aromatic rings. The average molecular weight is 291 g/mol. The Kier molecular flexibility index (Phi) is 5.28. The predicted octanol–water partition coefficient (Wildman–Crippen LogP) is 4.43. The highest BCUT2D eigenvalue weighted by atomic mass is 19.1. The highest BCUT2D eigenvalue weighted by molar-refractivity contribution is 5.40. The van der Waals surface area contributed by atoms with Gasteiger partial charge in [-0.15, -0.1) is 0 Å². The van der Waals surface area contributed by atoms with Gasteiger partial charge in [0.25, 0.3) is 0 Å². The number of rotatable bonds is 6. The first-order valence-electron chi connectivity index (χ1n) is 7.10. The summed E-state index contributed by atoms with van der Waals surface area (Å²) in [6.07, 6.45) is 0.734. The Morgan fingerprint density at radius 1 is 1.05 bits per heavy atom. The van der Waals surface area contributed by atoms with Crippen molar-refractivity contribution in [1.82, 2.24) is 5.32 Å². The van der Waals surface area contributed by atoms with Crippen LogP contribution in [0.1, 0.15) is 25.0 Å². The minimum absolute atomic E-state index is 0.351. The molecule has 0 aliphatic carbocycles. The maximum Gasteiger partial charge on any atom is 0.198 e. The van der Waals surface area contributed by atoms with Crippen molar-refractivity contribution in [3.8, 4) is 11.5 Å². The molecule has 0 saturated carbocycles. The quantitative estimate of drug-likeness (QED) is 0.850. The molecule has 0 bridgehead atoms. The van der Waals surface area contributed by atoms with Gasteiger partial charge in [0.2, 0.25) is 0 Å². The van der Waals surface area contributed by atoms with E-state index in [1.54, 1.807) is 12.1 Å². The molecule has 2 aromatic carbocycles. The average Bonchev–Trinajstić information content (AvgIpc) is 2.49. The molecule has 0 amide bonds. The standard InChI is InChI=1S/C17H19F2NO/c1-3-13-7-5-6-8-16(13)21-17-14(18)9-12(10-15(17)19)11-20-4-2/h5-10,20H,3-4,11H2,1-2H3. The van der Waals surface area contributed by atoms with Gasteiger partial charge in [-0.25, -0.2) is 8.78 Å². The fourth-order valence-corrected chi connectivity index (χ4v) is 2.09.